The number of carbonyl (C=O) groups excluding carboxylic acids is 1. The summed E-state index contributed by atoms with van der Waals surface area (Å²) in [6.45, 7) is 2.96. The van der Waals surface area contributed by atoms with Crippen molar-refractivity contribution in [3.8, 4) is 0 Å². The Kier molecular flexibility index (Phi) is 6.37. The van der Waals surface area contributed by atoms with Gasteiger partial charge in [-0.05, 0) is 26.4 Å². The summed E-state index contributed by atoms with van der Waals surface area (Å²) in [5.74, 6) is -0.143. The van der Waals surface area contributed by atoms with Crippen LogP contribution in [0.3, 0.4) is 0 Å². The predicted octanol–water partition coefficient (Wildman–Crippen LogP) is 0.634. The van der Waals surface area contributed by atoms with Crippen LogP contribution >= 0.6 is 0 Å². The summed E-state index contributed by atoms with van der Waals surface area (Å²) in [7, 11) is 3.46. The Bertz CT molecular complexity index is 204. The summed E-state index contributed by atoms with van der Waals surface area (Å²) in [6, 6.07) is 0. The van der Waals surface area contributed by atoms with Gasteiger partial charge in [0.1, 0.15) is 6.79 Å². The Hall–Kier alpha value is -0.650. The van der Waals surface area contributed by atoms with Crippen LogP contribution in [0.15, 0.2) is 0 Å². The molecule has 0 aromatic carbocycles. The molecule has 5 heteroatoms. The summed E-state index contributed by atoms with van der Waals surface area (Å²) in [5, 5.41) is 0. The molecule has 0 amide bonds. The monoisotopic (exact) mass is 231 g/mol. The maximum atomic E-state index is 10.9. The number of carbonyl (C=O) groups is 1. The largest absolute Gasteiger partial charge is 0.469 e. The molecule has 0 N–H and O–H groups in total. The lowest BCUT2D eigenvalue weighted by Gasteiger charge is -2.27. The first-order valence-electron chi connectivity index (χ1n) is 5.67. The molecule has 1 rings (SSSR count). The van der Waals surface area contributed by atoms with Gasteiger partial charge < -0.3 is 19.1 Å². The maximum Gasteiger partial charge on any atom is 0.305 e. The van der Waals surface area contributed by atoms with Crippen molar-refractivity contribution in [2.75, 3.05) is 40.6 Å². The first kappa shape index (κ1) is 13.4. The van der Waals surface area contributed by atoms with Crippen LogP contribution in [0.2, 0.25) is 0 Å². The molecule has 1 fully saturated rings. The van der Waals surface area contributed by atoms with Crippen molar-refractivity contribution in [3.63, 3.8) is 0 Å². The fraction of sp³-hybridized carbons (Fsp3) is 0.909. The Morgan fingerprint density at radius 3 is 3.00 bits per heavy atom. The normalized spacial score (nSPS) is 21.1. The van der Waals surface area contributed by atoms with Crippen molar-refractivity contribution in [3.05, 3.63) is 0 Å². The third-order valence-corrected chi connectivity index (χ3v) is 2.63. The smallest absolute Gasteiger partial charge is 0.305 e. The highest BCUT2D eigenvalue weighted by Crippen LogP contribution is 2.07. The van der Waals surface area contributed by atoms with Crippen LogP contribution in [0, 0.1) is 0 Å². The minimum atomic E-state index is -0.143. The summed E-state index contributed by atoms with van der Waals surface area (Å²) in [4.78, 5) is 13.1. The van der Waals surface area contributed by atoms with E-state index in [0.717, 1.165) is 32.5 Å². The van der Waals surface area contributed by atoms with Gasteiger partial charge in [0, 0.05) is 13.0 Å². The molecule has 0 saturated carbocycles. The van der Waals surface area contributed by atoms with Crippen LogP contribution in [0.5, 0.6) is 0 Å². The number of ether oxygens (including phenoxy) is 3. The average Bonchev–Trinajstić information content (AvgIpc) is 2.30. The van der Waals surface area contributed by atoms with E-state index in [-0.39, 0.29) is 12.1 Å². The van der Waals surface area contributed by atoms with E-state index in [1.54, 1.807) is 0 Å². The molecule has 1 atom stereocenters. The van der Waals surface area contributed by atoms with Gasteiger partial charge in [0.25, 0.3) is 0 Å². The summed E-state index contributed by atoms with van der Waals surface area (Å²) in [5.41, 5.74) is 0. The van der Waals surface area contributed by atoms with E-state index in [1.807, 2.05) is 7.05 Å². The zero-order chi connectivity index (χ0) is 11.8. The van der Waals surface area contributed by atoms with Crippen LogP contribution in [0.25, 0.3) is 0 Å². The third kappa shape index (κ3) is 5.44. The molecular formula is C11H21NO4. The lowest BCUT2D eigenvalue weighted by molar-refractivity contribution is -0.143. The Labute approximate surface area is 96.6 Å². The number of esters is 1. The van der Waals surface area contributed by atoms with Crippen molar-refractivity contribution in [2.24, 2.45) is 0 Å². The van der Waals surface area contributed by atoms with Gasteiger partial charge in [0.05, 0.1) is 19.8 Å². The van der Waals surface area contributed by atoms with E-state index >= 15 is 0 Å². The number of hydrogen-bond acceptors (Lipinski definition) is 5. The van der Waals surface area contributed by atoms with Crippen LogP contribution in [-0.4, -0.2) is 57.6 Å². The van der Waals surface area contributed by atoms with Crippen molar-refractivity contribution >= 4 is 5.97 Å². The SMILES string of the molecule is COC(=O)CCCN(C)CC1CCOCO1. The minimum Gasteiger partial charge on any atom is -0.469 e. The molecule has 1 aliphatic heterocycles. The number of methoxy groups -OCH3 is 1. The molecule has 1 heterocycles. The van der Waals surface area contributed by atoms with Gasteiger partial charge in [-0.1, -0.05) is 0 Å². The van der Waals surface area contributed by atoms with Gasteiger partial charge >= 0.3 is 5.97 Å². The standard InChI is InChI=1S/C11H21NO4/c1-12(6-3-4-11(13)14-2)8-10-5-7-15-9-16-10/h10H,3-9H2,1-2H3. The van der Waals surface area contributed by atoms with Crippen molar-refractivity contribution < 1.29 is 19.0 Å². The van der Waals surface area contributed by atoms with Gasteiger partial charge in [-0.25, -0.2) is 0 Å². The van der Waals surface area contributed by atoms with E-state index < -0.39 is 0 Å². The highest BCUT2D eigenvalue weighted by atomic mass is 16.7. The molecule has 1 saturated heterocycles. The predicted molar refractivity (Wildman–Crippen MR) is 59.1 cm³/mol. The van der Waals surface area contributed by atoms with Crippen molar-refractivity contribution in [1.82, 2.24) is 4.90 Å². The molecule has 0 spiro atoms. The number of rotatable bonds is 6. The Balaban J connectivity index is 2.05. The van der Waals surface area contributed by atoms with Crippen LogP contribution in [-0.2, 0) is 19.0 Å². The van der Waals surface area contributed by atoms with E-state index in [2.05, 4.69) is 9.64 Å². The van der Waals surface area contributed by atoms with Gasteiger partial charge in [0.2, 0.25) is 0 Å². The Morgan fingerprint density at radius 2 is 2.38 bits per heavy atom. The molecule has 0 bridgehead atoms. The molecule has 0 aromatic rings. The van der Waals surface area contributed by atoms with E-state index in [0.29, 0.717) is 13.2 Å². The molecule has 0 radical (unpaired) electrons. The molecule has 5 nitrogen and oxygen atoms in total. The quantitative estimate of drug-likeness (QED) is 0.628. The van der Waals surface area contributed by atoms with Crippen LogP contribution < -0.4 is 0 Å². The number of hydrogen-bond donors (Lipinski definition) is 0. The highest BCUT2D eigenvalue weighted by molar-refractivity contribution is 5.69. The second kappa shape index (κ2) is 7.60. The van der Waals surface area contributed by atoms with Crippen LogP contribution in [0.4, 0.5) is 0 Å². The zero-order valence-electron chi connectivity index (χ0n) is 10.1. The molecular weight excluding hydrogens is 210 g/mol. The topological polar surface area (TPSA) is 48.0 Å². The number of likely N-dealkylation sites (N-methyl/N-ethyl adjacent to an activating group) is 1. The fourth-order valence-corrected chi connectivity index (χ4v) is 1.68. The molecule has 94 valence electrons. The maximum absolute atomic E-state index is 10.9. The van der Waals surface area contributed by atoms with E-state index in [1.165, 1.54) is 7.11 Å². The lowest BCUT2D eigenvalue weighted by atomic mass is 10.2. The molecule has 0 aromatic heterocycles. The summed E-state index contributed by atoms with van der Waals surface area (Å²) < 4.78 is 15.1. The number of nitrogens with zero attached hydrogens (tertiary/aromatic N) is 1. The van der Waals surface area contributed by atoms with Crippen molar-refractivity contribution in [2.45, 2.75) is 25.4 Å². The second-order valence-electron chi connectivity index (χ2n) is 4.05. The molecule has 0 aliphatic carbocycles. The summed E-state index contributed by atoms with van der Waals surface area (Å²) >= 11 is 0. The third-order valence-electron chi connectivity index (χ3n) is 2.63. The molecule has 16 heavy (non-hydrogen) atoms. The van der Waals surface area contributed by atoms with Gasteiger partial charge in [-0.15, -0.1) is 0 Å². The highest BCUT2D eigenvalue weighted by Gasteiger charge is 2.16. The van der Waals surface area contributed by atoms with Gasteiger partial charge in [-0.2, -0.15) is 0 Å². The average molecular weight is 231 g/mol. The zero-order valence-corrected chi connectivity index (χ0v) is 10.1. The Morgan fingerprint density at radius 1 is 1.56 bits per heavy atom. The second-order valence-corrected chi connectivity index (χ2v) is 4.05. The summed E-state index contributed by atoms with van der Waals surface area (Å²) in [6.07, 6.45) is 2.51. The minimum absolute atomic E-state index is 0.143. The van der Waals surface area contributed by atoms with E-state index in [4.69, 9.17) is 9.47 Å². The fourth-order valence-electron chi connectivity index (χ4n) is 1.68. The van der Waals surface area contributed by atoms with Crippen molar-refractivity contribution in [1.29, 1.82) is 0 Å². The first-order valence-corrected chi connectivity index (χ1v) is 5.67. The molecule has 1 aliphatic rings. The van der Waals surface area contributed by atoms with Gasteiger partial charge in [0.15, 0.2) is 0 Å². The van der Waals surface area contributed by atoms with Crippen LogP contribution in [0.1, 0.15) is 19.3 Å². The first-order chi connectivity index (χ1) is 7.72. The van der Waals surface area contributed by atoms with E-state index in [9.17, 15) is 4.79 Å². The van der Waals surface area contributed by atoms with Gasteiger partial charge in [-0.3, -0.25) is 4.79 Å². The molecule has 1 unspecified atom stereocenters. The lowest BCUT2D eigenvalue weighted by Crippen LogP contribution is -2.35.